The van der Waals surface area contributed by atoms with Crippen molar-refractivity contribution >= 4 is 21.7 Å². The third kappa shape index (κ3) is 5.68. The molecule has 184 valence electrons. The highest BCUT2D eigenvalue weighted by Gasteiger charge is 2.35. The van der Waals surface area contributed by atoms with Crippen molar-refractivity contribution in [3.05, 3.63) is 54.7 Å². The van der Waals surface area contributed by atoms with Gasteiger partial charge in [-0.05, 0) is 62.8 Å². The lowest BCUT2D eigenvalue weighted by Gasteiger charge is -2.26. The van der Waals surface area contributed by atoms with E-state index in [1.54, 1.807) is 30.7 Å². The van der Waals surface area contributed by atoms with Gasteiger partial charge in [-0.25, -0.2) is 22.8 Å². The summed E-state index contributed by atoms with van der Waals surface area (Å²) in [6.07, 6.45) is 9.88. The van der Waals surface area contributed by atoms with Gasteiger partial charge in [-0.2, -0.15) is 0 Å². The number of nitrogens with two attached hydrogens (primary N) is 1. The molecule has 0 atom stereocenters. The summed E-state index contributed by atoms with van der Waals surface area (Å²) in [6, 6.07) is 7.85. The van der Waals surface area contributed by atoms with E-state index in [1.165, 1.54) is 12.1 Å². The molecule has 2 aliphatic carbocycles. The molecule has 2 heterocycles. The number of pyridine rings is 1. The van der Waals surface area contributed by atoms with Gasteiger partial charge >= 0.3 is 0 Å². The minimum absolute atomic E-state index is 0.0437. The molecule has 2 aliphatic rings. The average Bonchev–Trinajstić information content (AvgIpc) is 3.69. The van der Waals surface area contributed by atoms with Crippen molar-refractivity contribution in [2.24, 2.45) is 5.73 Å². The second-order valence-electron chi connectivity index (χ2n) is 8.99. The number of nitrogens with zero attached hydrogens (tertiary/aromatic N) is 3. The highest BCUT2D eigenvalue weighted by Crippen LogP contribution is 2.35. The number of halogens is 1. The maximum absolute atomic E-state index is 14.8. The monoisotopic (exact) mass is 498 g/mol. The van der Waals surface area contributed by atoms with E-state index in [0.717, 1.165) is 31.7 Å². The van der Waals surface area contributed by atoms with Crippen molar-refractivity contribution in [3.63, 3.8) is 0 Å². The summed E-state index contributed by atoms with van der Waals surface area (Å²) in [4.78, 5) is 13.1. The maximum atomic E-state index is 14.8. The predicted octanol–water partition coefficient (Wildman–Crippen LogP) is 4.06. The van der Waals surface area contributed by atoms with E-state index in [-0.39, 0.29) is 23.5 Å². The first-order chi connectivity index (χ1) is 16.9. The van der Waals surface area contributed by atoms with Gasteiger partial charge < -0.3 is 15.8 Å². The molecule has 1 aromatic carbocycles. The van der Waals surface area contributed by atoms with E-state index in [0.29, 0.717) is 35.8 Å². The number of rotatable bonds is 8. The van der Waals surface area contributed by atoms with E-state index in [2.05, 4.69) is 25.0 Å². The van der Waals surface area contributed by atoms with Crippen LogP contribution >= 0.6 is 0 Å². The quantitative estimate of drug-likeness (QED) is 0.424. The minimum Gasteiger partial charge on any atom is -0.453 e. The molecule has 35 heavy (non-hydrogen) atoms. The van der Waals surface area contributed by atoms with Crippen LogP contribution in [0.2, 0.25) is 0 Å². The van der Waals surface area contributed by atoms with Gasteiger partial charge in [0.25, 0.3) is 0 Å². The summed E-state index contributed by atoms with van der Waals surface area (Å²) in [5, 5.41) is 2.97. The van der Waals surface area contributed by atoms with Crippen molar-refractivity contribution < 1.29 is 17.5 Å². The van der Waals surface area contributed by atoms with Crippen LogP contribution in [0, 0.1) is 5.82 Å². The summed E-state index contributed by atoms with van der Waals surface area (Å²) >= 11 is 0. The molecular formula is C24H27FN6O3S. The van der Waals surface area contributed by atoms with Crippen LogP contribution in [0.4, 0.5) is 16.0 Å². The minimum atomic E-state index is -3.48. The number of hydrogen-bond donors (Lipinski definition) is 3. The second-order valence-corrected chi connectivity index (χ2v) is 10.9. The Balaban J connectivity index is 1.33. The van der Waals surface area contributed by atoms with E-state index in [9.17, 15) is 12.8 Å². The molecule has 2 saturated carbocycles. The molecule has 0 aliphatic heterocycles. The molecule has 3 aromatic rings. The first kappa shape index (κ1) is 23.4. The van der Waals surface area contributed by atoms with Crippen LogP contribution < -0.4 is 20.5 Å². The number of hydrogen-bond acceptors (Lipinski definition) is 8. The predicted molar refractivity (Wildman–Crippen MR) is 131 cm³/mol. The fourth-order valence-corrected chi connectivity index (χ4v) is 5.46. The largest absolute Gasteiger partial charge is 0.453 e. The Morgan fingerprint density at radius 3 is 2.54 bits per heavy atom. The first-order valence-electron chi connectivity index (χ1n) is 11.7. The van der Waals surface area contributed by atoms with Crippen molar-refractivity contribution in [1.29, 1.82) is 0 Å². The number of nitrogens with one attached hydrogen (secondary N) is 2. The standard InChI is InChI=1S/C24H27FN6O3S/c25-20-13-17(31-35(32,33)18-6-7-18)5-8-23(20)34-22-10-11-27-14-19(22)21-9-12-28-24(30-21)29-16-3-1-15(26)2-4-16/h5,8-16,18,31H,1-4,6-7,26H2,(H,28,29,30). The maximum Gasteiger partial charge on any atom is 0.235 e. The van der Waals surface area contributed by atoms with Gasteiger partial charge in [0.05, 0.1) is 22.2 Å². The van der Waals surface area contributed by atoms with Gasteiger partial charge in [0.15, 0.2) is 11.6 Å². The second kappa shape index (κ2) is 9.74. The van der Waals surface area contributed by atoms with Crippen LogP contribution in [0.15, 0.2) is 48.9 Å². The highest BCUT2D eigenvalue weighted by molar-refractivity contribution is 7.93. The number of sulfonamides is 1. The lowest BCUT2D eigenvalue weighted by molar-refractivity contribution is 0.410. The Labute approximate surface area is 203 Å². The number of ether oxygens (including phenoxy) is 1. The van der Waals surface area contributed by atoms with Gasteiger partial charge in [-0.3, -0.25) is 9.71 Å². The molecule has 5 rings (SSSR count). The molecule has 0 amide bonds. The van der Waals surface area contributed by atoms with E-state index in [4.69, 9.17) is 10.5 Å². The van der Waals surface area contributed by atoms with Crippen molar-refractivity contribution in [2.45, 2.75) is 55.9 Å². The van der Waals surface area contributed by atoms with Crippen LogP contribution in [0.3, 0.4) is 0 Å². The van der Waals surface area contributed by atoms with Crippen molar-refractivity contribution in [1.82, 2.24) is 15.0 Å². The Kier molecular flexibility index (Phi) is 6.52. The summed E-state index contributed by atoms with van der Waals surface area (Å²) in [5.74, 6) is 0.122. The van der Waals surface area contributed by atoms with Gasteiger partial charge in [-0.1, -0.05) is 0 Å². The van der Waals surface area contributed by atoms with Crippen molar-refractivity contribution in [2.75, 3.05) is 10.0 Å². The van der Waals surface area contributed by atoms with Crippen LogP contribution in [-0.4, -0.2) is 40.7 Å². The molecule has 2 aromatic heterocycles. The number of aromatic nitrogens is 3. The molecule has 4 N–H and O–H groups in total. The smallest absolute Gasteiger partial charge is 0.235 e. The van der Waals surface area contributed by atoms with Crippen molar-refractivity contribution in [3.8, 4) is 22.8 Å². The van der Waals surface area contributed by atoms with E-state index >= 15 is 0 Å². The summed E-state index contributed by atoms with van der Waals surface area (Å²) in [6.45, 7) is 0. The zero-order chi connectivity index (χ0) is 24.4. The number of anilines is 2. The fraction of sp³-hybridized carbons (Fsp3) is 0.375. The highest BCUT2D eigenvalue weighted by atomic mass is 32.2. The lowest BCUT2D eigenvalue weighted by Crippen LogP contribution is -2.33. The fourth-order valence-electron chi connectivity index (χ4n) is 4.08. The molecule has 0 spiro atoms. The summed E-state index contributed by atoms with van der Waals surface area (Å²) < 4.78 is 47.3. The van der Waals surface area contributed by atoms with Gasteiger partial charge in [0.2, 0.25) is 16.0 Å². The SMILES string of the molecule is NC1CCC(Nc2nccc(-c3cnccc3Oc3ccc(NS(=O)(=O)C4CC4)cc3F)n2)CC1. The van der Waals surface area contributed by atoms with Crippen LogP contribution in [0.1, 0.15) is 38.5 Å². The Hall–Kier alpha value is -3.31. The molecule has 0 unspecified atom stereocenters. The van der Waals surface area contributed by atoms with Gasteiger partial charge in [-0.15, -0.1) is 0 Å². The first-order valence-corrected chi connectivity index (χ1v) is 13.2. The topological polar surface area (TPSA) is 132 Å². The Morgan fingerprint density at radius 2 is 1.80 bits per heavy atom. The normalized spacial score (nSPS) is 20.3. The zero-order valence-electron chi connectivity index (χ0n) is 19.0. The molecule has 11 heteroatoms. The van der Waals surface area contributed by atoms with Crippen LogP contribution in [0.25, 0.3) is 11.3 Å². The summed E-state index contributed by atoms with van der Waals surface area (Å²) in [7, 11) is -3.48. The molecule has 0 bridgehead atoms. The third-order valence-electron chi connectivity index (χ3n) is 6.19. The Bertz CT molecular complexity index is 1310. The number of benzene rings is 1. The van der Waals surface area contributed by atoms with Crippen LogP contribution in [-0.2, 0) is 10.0 Å². The molecule has 0 saturated heterocycles. The third-order valence-corrected chi connectivity index (χ3v) is 8.06. The lowest BCUT2D eigenvalue weighted by atomic mass is 9.92. The zero-order valence-corrected chi connectivity index (χ0v) is 19.8. The summed E-state index contributed by atoms with van der Waals surface area (Å²) in [5.41, 5.74) is 7.30. The molecule has 0 radical (unpaired) electrons. The van der Waals surface area contributed by atoms with Gasteiger partial charge in [0.1, 0.15) is 5.75 Å². The van der Waals surface area contributed by atoms with Crippen LogP contribution in [0.5, 0.6) is 11.5 Å². The Morgan fingerprint density at radius 1 is 1.00 bits per heavy atom. The molecular weight excluding hydrogens is 471 g/mol. The van der Waals surface area contributed by atoms with E-state index < -0.39 is 21.1 Å². The molecule has 2 fully saturated rings. The molecule has 9 nitrogen and oxygen atoms in total. The van der Waals surface area contributed by atoms with Gasteiger partial charge in [0, 0.05) is 36.7 Å². The van der Waals surface area contributed by atoms with E-state index in [1.807, 2.05) is 0 Å². The average molecular weight is 499 g/mol.